The maximum Gasteiger partial charge on any atom is 0.185 e. The van der Waals surface area contributed by atoms with Crippen molar-refractivity contribution in [1.82, 2.24) is 0 Å². The SMILES string of the molecule is CC(C#N)(Cc1ccc(Br)cc1)O[Si](C)(C)C. The predicted molar refractivity (Wildman–Crippen MR) is 76.3 cm³/mol. The average Bonchev–Trinajstić information content (AvgIpc) is 2.19. The smallest absolute Gasteiger partial charge is 0.185 e. The first-order valence-corrected chi connectivity index (χ1v) is 9.80. The quantitative estimate of drug-likeness (QED) is 0.783. The minimum absolute atomic E-state index is 0.626. The fourth-order valence-electron chi connectivity index (χ4n) is 1.77. The Kier molecular flexibility index (Phi) is 4.53. The van der Waals surface area contributed by atoms with Gasteiger partial charge in [-0.3, -0.25) is 0 Å². The van der Waals surface area contributed by atoms with Gasteiger partial charge in [-0.25, -0.2) is 0 Å². The summed E-state index contributed by atoms with van der Waals surface area (Å²) < 4.78 is 7.02. The van der Waals surface area contributed by atoms with Gasteiger partial charge in [-0.15, -0.1) is 0 Å². The van der Waals surface area contributed by atoms with Crippen molar-refractivity contribution >= 4 is 24.2 Å². The first-order valence-electron chi connectivity index (χ1n) is 5.60. The van der Waals surface area contributed by atoms with Gasteiger partial charge in [-0.1, -0.05) is 28.1 Å². The molecule has 0 amide bonds. The molecular weight excluding hydrogens is 294 g/mol. The Morgan fingerprint density at radius 1 is 1.29 bits per heavy atom. The third kappa shape index (κ3) is 5.03. The first-order chi connectivity index (χ1) is 7.74. The summed E-state index contributed by atoms with van der Waals surface area (Å²) in [5.74, 6) is 0. The summed E-state index contributed by atoms with van der Waals surface area (Å²) in [5, 5.41) is 9.30. The van der Waals surface area contributed by atoms with Crippen LogP contribution in [0, 0.1) is 11.3 Å². The number of rotatable bonds is 4. The molecule has 1 aromatic carbocycles. The molecule has 2 nitrogen and oxygen atoms in total. The third-order valence-corrected chi connectivity index (χ3v) is 3.81. The van der Waals surface area contributed by atoms with E-state index in [1.807, 2.05) is 31.2 Å². The Hall–Kier alpha value is -0.633. The van der Waals surface area contributed by atoms with Crippen molar-refractivity contribution in [1.29, 1.82) is 5.26 Å². The molecule has 0 saturated carbocycles. The summed E-state index contributed by atoms with van der Waals surface area (Å²) in [7, 11) is -1.71. The molecule has 17 heavy (non-hydrogen) atoms. The normalized spacial score (nSPS) is 15.1. The van der Waals surface area contributed by atoms with E-state index in [1.54, 1.807) is 0 Å². The Bertz CT molecular complexity index is 419. The maximum atomic E-state index is 9.30. The van der Waals surface area contributed by atoms with Crippen molar-refractivity contribution < 1.29 is 4.43 Å². The summed E-state index contributed by atoms with van der Waals surface area (Å²) in [6.07, 6.45) is 0.626. The molecule has 0 fully saturated rings. The van der Waals surface area contributed by atoms with Crippen molar-refractivity contribution in [2.75, 3.05) is 0 Å². The van der Waals surface area contributed by atoms with Crippen LogP contribution in [0.15, 0.2) is 28.7 Å². The number of benzene rings is 1. The Morgan fingerprint density at radius 2 is 1.82 bits per heavy atom. The van der Waals surface area contributed by atoms with Crippen molar-refractivity contribution in [3.63, 3.8) is 0 Å². The molecule has 0 saturated heterocycles. The predicted octanol–water partition coefficient (Wildman–Crippen LogP) is 4.13. The largest absolute Gasteiger partial charge is 0.400 e. The topological polar surface area (TPSA) is 33.0 Å². The minimum atomic E-state index is -1.71. The third-order valence-electron chi connectivity index (χ3n) is 2.22. The van der Waals surface area contributed by atoms with Crippen LogP contribution >= 0.6 is 15.9 Å². The summed E-state index contributed by atoms with van der Waals surface area (Å²) in [5.41, 5.74) is 0.397. The molecule has 0 aliphatic rings. The van der Waals surface area contributed by atoms with Crippen LogP contribution in [0.5, 0.6) is 0 Å². The van der Waals surface area contributed by atoms with Crippen LogP contribution in [0.25, 0.3) is 0 Å². The molecule has 0 aliphatic carbocycles. The van der Waals surface area contributed by atoms with Crippen LogP contribution in [0.2, 0.25) is 19.6 Å². The molecule has 1 atom stereocenters. The van der Waals surface area contributed by atoms with E-state index in [0.29, 0.717) is 6.42 Å². The second-order valence-corrected chi connectivity index (χ2v) is 10.7. The lowest BCUT2D eigenvalue weighted by molar-refractivity contribution is 0.141. The van der Waals surface area contributed by atoms with Gasteiger partial charge in [0, 0.05) is 10.9 Å². The Morgan fingerprint density at radius 3 is 2.24 bits per heavy atom. The van der Waals surface area contributed by atoms with E-state index in [-0.39, 0.29) is 0 Å². The summed E-state index contributed by atoms with van der Waals surface area (Å²) in [6, 6.07) is 10.3. The lowest BCUT2D eigenvalue weighted by Crippen LogP contribution is -2.41. The lowest BCUT2D eigenvalue weighted by Gasteiger charge is -2.30. The van der Waals surface area contributed by atoms with Crippen LogP contribution < -0.4 is 0 Å². The summed E-state index contributed by atoms with van der Waals surface area (Å²) >= 11 is 3.40. The molecular formula is C13H18BrNOSi. The van der Waals surface area contributed by atoms with Gasteiger partial charge in [-0.2, -0.15) is 5.26 Å². The summed E-state index contributed by atoms with van der Waals surface area (Å²) in [6.45, 7) is 8.17. The monoisotopic (exact) mass is 311 g/mol. The zero-order chi connectivity index (χ0) is 13.1. The Labute approximate surface area is 113 Å². The molecule has 1 unspecified atom stereocenters. The van der Waals surface area contributed by atoms with E-state index in [0.717, 1.165) is 10.0 Å². The van der Waals surface area contributed by atoms with Gasteiger partial charge in [0.15, 0.2) is 8.32 Å². The van der Waals surface area contributed by atoms with Gasteiger partial charge in [0.1, 0.15) is 5.60 Å². The van der Waals surface area contributed by atoms with Crippen molar-refractivity contribution in [2.24, 2.45) is 0 Å². The molecule has 0 heterocycles. The molecule has 4 heteroatoms. The molecule has 0 N–H and O–H groups in total. The summed E-state index contributed by atoms with van der Waals surface area (Å²) in [4.78, 5) is 0. The molecule has 0 aliphatic heterocycles. The standard InChI is InChI=1S/C13H18BrNOSi/c1-13(10-15,16-17(2,3)4)9-11-5-7-12(14)8-6-11/h5-8H,9H2,1-4H3. The molecule has 92 valence electrons. The van der Waals surface area contributed by atoms with Gasteiger partial charge >= 0.3 is 0 Å². The van der Waals surface area contributed by atoms with Gasteiger partial charge in [0.05, 0.1) is 6.07 Å². The van der Waals surface area contributed by atoms with E-state index in [4.69, 9.17) is 4.43 Å². The van der Waals surface area contributed by atoms with Crippen LogP contribution in [-0.4, -0.2) is 13.9 Å². The second kappa shape index (κ2) is 5.34. The number of hydrogen-bond acceptors (Lipinski definition) is 2. The van der Waals surface area contributed by atoms with Gasteiger partial charge in [0.25, 0.3) is 0 Å². The van der Waals surface area contributed by atoms with E-state index in [1.165, 1.54) is 0 Å². The average molecular weight is 312 g/mol. The lowest BCUT2D eigenvalue weighted by atomic mass is 9.98. The highest BCUT2D eigenvalue weighted by molar-refractivity contribution is 9.10. The van der Waals surface area contributed by atoms with E-state index in [2.05, 4.69) is 41.6 Å². The number of hydrogen-bond donors (Lipinski definition) is 0. The van der Waals surface area contributed by atoms with Crippen LogP contribution in [0.4, 0.5) is 0 Å². The molecule has 0 radical (unpaired) electrons. The van der Waals surface area contributed by atoms with Crippen LogP contribution in [0.1, 0.15) is 12.5 Å². The molecule has 1 aromatic rings. The molecule has 0 spiro atoms. The highest BCUT2D eigenvalue weighted by atomic mass is 79.9. The van der Waals surface area contributed by atoms with Crippen LogP contribution in [0.3, 0.4) is 0 Å². The second-order valence-electron chi connectivity index (χ2n) is 5.36. The number of nitrogens with zero attached hydrogens (tertiary/aromatic N) is 1. The molecule has 0 bridgehead atoms. The van der Waals surface area contributed by atoms with E-state index in [9.17, 15) is 5.26 Å². The highest BCUT2D eigenvalue weighted by Gasteiger charge is 2.31. The van der Waals surface area contributed by atoms with Crippen LogP contribution in [-0.2, 0) is 10.8 Å². The van der Waals surface area contributed by atoms with Gasteiger partial charge in [0.2, 0.25) is 0 Å². The highest BCUT2D eigenvalue weighted by Crippen LogP contribution is 2.23. The molecule has 0 aromatic heterocycles. The zero-order valence-corrected chi connectivity index (χ0v) is 13.3. The fraction of sp³-hybridized carbons (Fsp3) is 0.462. The molecule has 1 rings (SSSR count). The van der Waals surface area contributed by atoms with Crippen molar-refractivity contribution in [2.45, 2.75) is 38.6 Å². The van der Waals surface area contributed by atoms with Gasteiger partial charge < -0.3 is 4.43 Å². The van der Waals surface area contributed by atoms with Crippen molar-refractivity contribution in [3.8, 4) is 6.07 Å². The van der Waals surface area contributed by atoms with Crippen molar-refractivity contribution in [3.05, 3.63) is 34.3 Å². The first kappa shape index (κ1) is 14.4. The number of nitriles is 1. The van der Waals surface area contributed by atoms with E-state index >= 15 is 0 Å². The van der Waals surface area contributed by atoms with Gasteiger partial charge in [-0.05, 0) is 44.3 Å². The van der Waals surface area contributed by atoms with E-state index < -0.39 is 13.9 Å². The zero-order valence-electron chi connectivity index (χ0n) is 10.7. The fourth-order valence-corrected chi connectivity index (χ4v) is 3.50. The number of halogens is 1. The maximum absolute atomic E-state index is 9.30. The minimum Gasteiger partial charge on any atom is -0.400 e. The Balaban J connectivity index is 2.83.